The van der Waals surface area contributed by atoms with Crippen LogP contribution in [-0.4, -0.2) is 30.0 Å². The number of benzene rings is 1. The minimum absolute atomic E-state index is 0.0563. The Morgan fingerprint density at radius 1 is 1.57 bits per heavy atom. The summed E-state index contributed by atoms with van der Waals surface area (Å²) in [5.74, 6) is 0.0563. The summed E-state index contributed by atoms with van der Waals surface area (Å²) in [5, 5.41) is 23.0. The molecular formula is C16H20N4O3. The summed E-state index contributed by atoms with van der Waals surface area (Å²) in [7, 11) is 0. The molecule has 1 fully saturated rings. The Hall–Kier alpha value is -2.62. The number of carbonyl (C=O) groups excluding carboxylic acids is 1. The van der Waals surface area contributed by atoms with Crippen LogP contribution in [0.1, 0.15) is 38.2 Å². The SMILES string of the molecule is CCCC(=O)NC1CCCN(c2ccc([N+](=O)[O-])c(C#N)c2)C1. The zero-order chi connectivity index (χ0) is 16.8. The number of nitrogens with zero attached hydrogens (tertiary/aromatic N) is 3. The minimum atomic E-state index is -0.549. The number of hydrogen-bond donors (Lipinski definition) is 1. The van der Waals surface area contributed by atoms with Gasteiger partial charge in [0.15, 0.2) is 0 Å². The van der Waals surface area contributed by atoms with Crippen molar-refractivity contribution in [1.29, 1.82) is 5.26 Å². The zero-order valence-electron chi connectivity index (χ0n) is 13.1. The van der Waals surface area contributed by atoms with Crippen LogP contribution in [0.15, 0.2) is 18.2 Å². The second kappa shape index (κ2) is 7.58. The van der Waals surface area contributed by atoms with Crippen molar-refractivity contribution in [2.24, 2.45) is 0 Å². The van der Waals surface area contributed by atoms with Crippen molar-refractivity contribution in [1.82, 2.24) is 5.32 Å². The van der Waals surface area contributed by atoms with Gasteiger partial charge in [-0.3, -0.25) is 14.9 Å². The molecule has 1 N–H and O–H groups in total. The van der Waals surface area contributed by atoms with E-state index in [0.717, 1.165) is 31.5 Å². The number of nitro groups is 1. The number of anilines is 1. The molecule has 0 aromatic heterocycles. The molecule has 0 radical (unpaired) electrons. The monoisotopic (exact) mass is 316 g/mol. The molecule has 0 bridgehead atoms. The van der Waals surface area contributed by atoms with Gasteiger partial charge in [0.25, 0.3) is 5.69 Å². The minimum Gasteiger partial charge on any atom is -0.369 e. The Bertz CT molecular complexity index is 639. The molecule has 1 aromatic carbocycles. The van der Waals surface area contributed by atoms with E-state index >= 15 is 0 Å². The van der Waals surface area contributed by atoms with Crippen LogP contribution in [0.25, 0.3) is 0 Å². The Kier molecular flexibility index (Phi) is 5.52. The maximum absolute atomic E-state index is 11.7. The summed E-state index contributed by atoms with van der Waals surface area (Å²) in [6, 6.07) is 6.53. The van der Waals surface area contributed by atoms with Crippen LogP contribution >= 0.6 is 0 Å². The van der Waals surface area contributed by atoms with Gasteiger partial charge in [0, 0.05) is 37.3 Å². The smallest absolute Gasteiger partial charge is 0.287 e. The second-order valence-electron chi connectivity index (χ2n) is 5.67. The molecule has 0 aliphatic carbocycles. The third kappa shape index (κ3) is 4.19. The van der Waals surface area contributed by atoms with Crippen molar-refractivity contribution >= 4 is 17.3 Å². The first-order chi connectivity index (χ1) is 11.0. The van der Waals surface area contributed by atoms with Crippen LogP contribution in [0, 0.1) is 21.4 Å². The van der Waals surface area contributed by atoms with E-state index in [2.05, 4.69) is 10.2 Å². The van der Waals surface area contributed by atoms with Gasteiger partial charge in [-0.25, -0.2) is 0 Å². The van der Waals surface area contributed by atoms with E-state index in [1.165, 1.54) is 6.07 Å². The predicted molar refractivity (Wildman–Crippen MR) is 86.1 cm³/mol. The molecule has 1 unspecified atom stereocenters. The van der Waals surface area contributed by atoms with Gasteiger partial charge in [0.2, 0.25) is 5.91 Å². The first-order valence-electron chi connectivity index (χ1n) is 7.78. The number of nitrogens with one attached hydrogen (secondary N) is 1. The Labute approximate surface area is 135 Å². The van der Waals surface area contributed by atoms with Crippen molar-refractivity contribution in [2.45, 2.75) is 38.6 Å². The Morgan fingerprint density at radius 3 is 3.00 bits per heavy atom. The summed E-state index contributed by atoms with van der Waals surface area (Å²) in [4.78, 5) is 24.1. The van der Waals surface area contributed by atoms with Crippen molar-refractivity contribution in [3.8, 4) is 6.07 Å². The van der Waals surface area contributed by atoms with E-state index in [0.29, 0.717) is 13.0 Å². The molecule has 23 heavy (non-hydrogen) atoms. The summed E-state index contributed by atoms with van der Waals surface area (Å²) >= 11 is 0. The Morgan fingerprint density at radius 2 is 2.35 bits per heavy atom. The molecule has 7 nitrogen and oxygen atoms in total. The summed E-state index contributed by atoms with van der Waals surface area (Å²) < 4.78 is 0. The summed E-state index contributed by atoms with van der Waals surface area (Å²) in [6.45, 7) is 3.42. The molecule has 1 aliphatic heterocycles. The van der Waals surface area contributed by atoms with E-state index in [1.807, 2.05) is 13.0 Å². The average Bonchev–Trinajstić information content (AvgIpc) is 2.54. The lowest BCUT2D eigenvalue weighted by molar-refractivity contribution is -0.385. The second-order valence-corrected chi connectivity index (χ2v) is 5.67. The molecule has 1 aliphatic rings. The van der Waals surface area contributed by atoms with Crippen LogP contribution in [0.4, 0.5) is 11.4 Å². The molecule has 1 atom stereocenters. The first kappa shape index (κ1) is 16.7. The van der Waals surface area contributed by atoms with Gasteiger partial charge < -0.3 is 10.2 Å². The van der Waals surface area contributed by atoms with Crippen LogP contribution in [-0.2, 0) is 4.79 Å². The molecule has 0 saturated carbocycles. The van der Waals surface area contributed by atoms with Gasteiger partial charge >= 0.3 is 0 Å². The fourth-order valence-electron chi connectivity index (χ4n) is 2.83. The van der Waals surface area contributed by atoms with E-state index in [4.69, 9.17) is 5.26 Å². The number of rotatable bonds is 5. The highest BCUT2D eigenvalue weighted by atomic mass is 16.6. The van der Waals surface area contributed by atoms with Crippen LogP contribution in [0.3, 0.4) is 0 Å². The van der Waals surface area contributed by atoms with E-state index in [9.17, 15) is 14.9 Å². The number of amides is 1. The number of hydrogen-bond acceptors (Lipinski definition) is 5. The van der Waals surface area contributed by atoms with E-state index < -0.39 is 4.92 Å². The molecule has 1 heterocycles. The molecule has 2 rings (SSSR count). The predicted octanol–water partition coefficient (Wildman–Crippen LogP) is 2.35. The van der Waals surface area contributed by atoms with Crippen LogP contribution in [0.5, 0.6) is 0 Å². The lowest BCUT2D eigenvalue weighted by Gasteiger charge is -2.34. The molecule has 122 valence electrons. The highest BCUT2D eigenvalue weighted by molar-refractivity contribution is 5.76. The Balaban J connectivity index is 2.11. The summed E-state index contributed by atoms with van der Waals surface area (Å²) in [5.41, 5.74) is 0.660. The summed E-state index contributed by atoms with van der Waals surface area (Å²) in [6.07, 6.45) is 3.18. The maximum atomic E-state index is 11.7. The van der Waals surface area contributed by atoms with Gasteiger partial charge in [-0.05, 0) is 31.4 Å². The molecule has 1 saturated heterocycles. The lowest BCUT2D eigenvalue weighted by Crippen LogP contribution is -2.47. The number of piperidine rings is 1. The van der Waals surface area contributed by atoms with Crippen molar-refractivity contribution in [3.63, 3.8) is 0 Å². The van der Waals surface area contributed by atoms with Gasteiger partial charge in [-0.15, -0.1) is 0 Å². The fraction of sp³-hybridized carbons (Fsp3) is 0.500. The quantitative estimate of drug-likeness (QED) is 0.664. The standard InChI is InChI=1S/C16H20N4O3/c1-2-4-16(21)18-13-5-3-8-19(11-13)14-6-7-15(20(22)23)12(9-14)10-17/h6-7,9,13H,2-5,8,11H2,1H3,(H,18,21). The molecule has 1 aromatic rings. The average molecular weight is 316 g/mol. The maximum Gasteiger partial charge on any atom is 0.287 e. The highest BCUT2D eigenvalue weighted by Gasteiger charge is 2.23. The van der Waals surface area contributed by atoms with Gasteiger partial charge in [-0.1, -0.05) is 6.92 Å². The zero-order valence-corrected chi connectivity index (χ0v) is 13.1. The molecule has 0 spiro atoms. The third-order valence-corrected chi connectivity index (χ3v) is 3.93. The van der Waals surface area contributed by atoms with Crippen molar-refractivity contribution in [3.05, 3.63) is 33.9 Å². The third-order valence-electron chi connectivity index (χ3n) is 3.93. The van der Waals surface area contributed by atoms with E-state index in [1.54, 1.807) is 12.1 Å². The first-order valence-corrected chi connectivity index (χ1v) is 7.78. The van der Waals surface area contributed by atoms with Crippen LogP contribution in [0.2, 0.25) is 0 Å². The lowest BCUT2D eigenvalue weighted by atomic mass is 10.0. The highest BCUT2D eigenvalue weighted by Crippen LogP contribution is 2.26. The van der Waals surface area contributed by atoms with Crippen molar-refractivity contribution in [2.75, 3.05) is 18.0 Å². The van der Waals surface area contributed by atoms with Gasteiger partial charge in [-0.2, -0.15) is 5.26 Å². The molecular weight excluding hydrogens is 296 g/mol. The topological polar surface area (TPSA) is 99.3 Å². The fourth-order valence-corrected chi connectivity index (χ4v) is 2.83. The normalized spacial score (nSPS) is 17.4. The van der Waals surface area contributed by atoms with E-state index in [-0.39, 0.29) is 23.2 Å². The molecule has 7 heteroatoms. The van der Waals surface area contributed by atoms with Crippen LogP contribution < -0.4 is 10.2 Å². The molecule has 1 amide bonds. The van der Waals surface area contributed by atoms with Crippen molar-refractivity contribution < 1.29 is 9.72 Å². The number of nitro benzene ring substituents is 1. The van der Waals surface area contributed by atoms with Gasteiger partial charge in [0.05, 0.1) is 4.92 Å². The number of nitriles is 1. The van der Waals surface area contributed by atoms with Gasteiger partial charge in [0.1, 0.15) is 11.6 Å². The largest absolute Gasteiger partial charge is 0.369 e. The number of carbonyl (C=O) groups is 1.